The van der Waals surface area contributed by atoms with Crippen molar-refractivity contribution in [3.63, 3.8) is 0 Å². The van der Waals surface area contributed by atoms with E-state index in [0.29, 0.717) is 5.91 Å². The third kappa shape index (κ3) is 4.16. The highest BCUT2D eigenvalue weighted by atomic mass is 32.2. The van der Waals surface area contributed by atoms with Crippen molar-refractivity contribution in [2.45, 2.75) is 43.8 Å². The number of thioether (sulfide) groups is 1. The highest BCUT2D eigenvalue weighted by molar-refractivity contribution is 7.99. The molecule has 0 atom stereocenters. The van der Waals surface area contributed by atoms with Gasteiger partial charge in [-0.05, 0) is 57.4 Å². The molecule has 0 aromatic carbocycles. The maximum atomic E-state index is 12.1. The van der Waals surface area contributed by atoms with Crippen LogP contribution in [0.2, 0.25) is 0 Å². The quantitative estimate of drug-likeness (QED) is 0.849. The van der Waals surface area contributed by atoms with Crippen molar-refractivity contribution < 1.29 is 4.79 Å². The smallest absolute Gasteiger partial charge is 0.222 e. The van der Waals surface area contributed by atoms with E-state index in [0.717, 1.165) is 50.2 Å². The van der Waals surface area contributed by atoms with E-state index < -0.39 is 0 Å². The predicted molar refractivity (Wildman–Crippen MR) is 77.9 cm³/mol. The average Bonchev–Trinajstić information content (AvgIpc) is 2.46. The number of hydrogen-bond acceptors (Lipinski definition) is 3. The lowest BCUT2D eigenvalue weighted by Crippen LogP contribution is -2.39. The molecule has 0 bridgehead atoms. The summed E-state index contributed by atoms with van der Waals surface area (Å²) >= 11 is 1.95. The molecule has 0 aromatic heterocycles. The second kappa shape index (κ2) is 7.39. The largest absolute Gasteiger partial charge is 0.343 e. The fourth-order valence-electron chi connectivity index (χ4n) is 3.00. The van der Waals surface area contributed by atoms with Crippen LogP contribution in [0.5, 0.6) is 0 Å². The molecule has 0 aliphatic carbocycles. The van der Waals surface area contributed by atoms with Gasteiger partial charge >= 0.3 is 0 Å². The molecule has 3 nitrogen and oxygen atoms in total. The Morgan fingerprint density at radius 2 is 1.89 bits per heavy atom. The normalized spacial score (nSPS) is 23.3. The van der Waals surface area contributed by atoms with Gasteiger partial charge < -0.3 is 10.2 Å². The molecule has 2 aliphatic heterocycles. The molecular formula is C14H26N2OS. The third-order valence-corrected chi connectivity index (χ3v) is 5.49. The molecule has 0 spiro atoms. The second-order valence-electron chi connectivity index (χ2n) is 5.55. The molecule has 4 heteroatoms. The van der Waals surface area contributed by atoms with Crippen LogP contribution in [-0.2, 0) is 4.79 Å². The summed E-state index contributed by atoms with van der Waals surface area (Å²) in [5.74, 6) is 1.17. The Morgan fingerprint density at radius 3 is 2.50 bits per heavy atom. The third-order valence-electron chi connectivity index (χ3n) is 4.35. The summed E-state index contributed by atoms with van der Waals surface area (Å²) in [4.78, 5) is 14.2. The van der Waals surface area contributed by atoms with Crippen LogP contribution in [0.15, 0.2) is 0 Å². The van der Waals surface area contributed by atoms with Gasteiger partial charge in [-0.25, -0.2) is 0 Å². The number of amides is 1. The van der Waals surface area contributed by atoms with Gasteiger partial charge in [-0.2, -0.15) is 11.8 Å². The van der Waals surface area contributed by atoms with E-state index >= 15 is 0 Å². The Morgan fingerprint density at radius 1 is 1.22 bits per heavy atom. The number of likely N-dealkylation sites (tertiary alicyclic amines) is 1. The molecule has 2 aliphatic rings. The van der Waals surface area contributed by atoms with Crippen molar-refractivity contribution in [1.82, 2.24) is 10.2 Å². The van der Waals surface area contributed by atoms with E-state index in [1.165, 1.54) is 25.7 Å². The summed E-state index contributed by atoms with van der Waals surface area (Å²) < 4.78 is 0. The van der Waals surface area contributed by atoms with Crippen molar-refractivity contribution >= 4 is 17.7 Å². The van der Waals surface area contributed by atoms with Crippen LogP contribution in [0.1, 0.15) is 38.5 Å². The first kappa shape index (κ1) is 14.2. The highest BCUT2D eigenvalue weighted by Crippen LogP contribution is 2.23. The molecule has 18 heavy (non-hydrogen) atoms. The first-order valence-corrected chi connectivity index (χ1v) is 8.59. The van der Waals surface area contributed by atoms with Gasteiger partial charge in [0.2, 0.25) is 5.91 Å². The van der Waals surface area contributed by atoms with Crippen LogP contribution in [0.3, 0.4) is 0 Å². The van der Waals surface area contributed by atoms with Gasteiger partial charge in [0.15, 0.2) is 0 Å². The highest BCUT2D eigenvalue weighted by Gasteiger charge is 2.23. The number of nitrogens with zero attached hydrogens (tertiary/aromatic N) is 1. The van der Waals surface area contributed by atoms with Crippen LogP contribution < -0.4 is 5.32 Å². The van der Waals surface area contributed by atoms with Gasteiger partial charge in [0.1, 0.15) is 0 Å². The molecule has 0 radical (unpaired) electrons. The maximum absolute atomic E-state index is 12.1. The number of rotatable bonds is 4. The van der Waals surface area contributed by atoms with Crippen LogP contribution in [0.4, 0.5) is 0 Å². The van der Waals surface area contributed by atoms with E-state index in [2.05, 4.69) is 16.5 Å². The maximum Gasteiger partial charge on any atom is 0.222 e. The summed E-state index contributed by atoms with van der Waals surface area (Å²) in [5, 5.41) is 4.16. The molecule has 1 amide bonds. The van der Waals surface area contributed by atoms with E-state index in [4.69, 9.17) is 0 Å². The zero-order valence-electron chi connectivity index (χ0n) is 11.5. The fraction of sp³-hybridized carbons (Fsp3) is 0.929. The van der Waals surface area contributed by atoms with Crippen LogP contribution in [0.25, 0.3) is 0 Å². The molecule has 104 valence electrons. The van der Waals surface area contributed by atoms with Gasteiger partial charge in [0, 0.05) is 24.8 Å². The molecule has 2 fully saturated rings. The van der Waals surface area contributed by atoms with E-state index in [1.54, 1.807) is 0 Å². The van der Waals surface area contributed by atoms with E-state index in [1.807, 2.05) is 11.8 Å². The standard InChI is InChI=1S/C14H26N2OS/c1-18-13-6-10-16(11-7-13)14(17)3-2-12-4-8-15-9-5-12/h12-13,15H,2-11H2,1H3. The minimum absolute atomic E-state index is 0.396. The topological polar surface area (TPSA) is 32.3 Å². The Balaban J connectivity index is 1.65. The zero-order chi connectivity index (χ0) is 12.8. The summed E-state index contributed by atoms with van der Waals surface area (Å²) in [7, 11) is 0. The van der Waals surface area contributed by atoms with Gasteiger partial charge in [-0.1, -0.05) is 0 Å². The van der Waals surface area contributed by atoms with Gasteiger partial charge in [0.05, 0.1) is 0 Å². The zero-order valence-corrected chi connectivity index (χ0v) is 12.3. The van der Waals surface area contributed by atoms with Crippen molar-refractivity contribution in [3.05, 3.63) is 0 Å². The molecule has 2 heterocycles. The van der Waals surface area contributed by atoms with E-state index in [-0.39, 0.29) is 0 Å². The predicted octanol–water partition coefficient (Wildman–Crippen LogP) is 2.12. The molecule has 0 unspecified atom stereocenters. The van der Waals surface area contributed by atoms with Gasteiger partial charge in [-0.3, -0.25) is 4.79 Å². The molecule has 2 rings (SSSR count). The number of hydrogen-bond donors (Lipinski definition) is 1. The first-order valence-electron chi connectivity index (χ1n) is 7.31. The van der Waals surface area contributed by atoms with Gasteiger partial charge in [0.25, 0.3) is 0 Å². The monoisotopic (exact) mass is 270 g/mol. The fourth-order valence-corrected chi connectivity index (χ4v) is 3.68. The lowest BCUT2D eigenvalue weighted by molar-refractivity contribution is -0.132. The Kier molecular flexibility index (Phi) is 5.83. The lowest BCUT2D eigenvalue weighted by Gasteiger charge is -2.32. The van der Waals surface area contributed by atoms with E-state index in [9.17, 15) is 4.79 Å². The SMILES string of the molecule is CSC1CCN(C(=O)CCC2CCNCC2)CC1. The average molecular weight is 270 g/mol. The first-order chi connectivity index (χ1) is 8.79. The van der Waals surface area contributed by atoms with Crippen molar-refractivity contribution in [2.24, 2.45) is 5.92 Å². The minimum atomic E-state index is 0.396. The lowest BCUT2D eigenvalue weighted by atomic mass is 9.93. The molecule has 1 N–H and O–H groups in total. The Labute approximate surface area is 115 Å². The van der Waals surface area contributed by atoms with Gasteiger partial charge in [-0.15, -0.1) is 0 Å². The van der Waals surface area contributed by atoms with Crippen molar-refractivity contribution in [2.75, 3.05) is 32.4 Å². The Bertz CT molecular complexity index is 259. The molecular weight excluding hydrogens is 244 g/mol. The summed E-state index contributed by atoms with van der Waals surface area (Å²) in [5.41, 5.74) is 0. The summed E-state index contributed by atoms with van der Waals surface area (Å²) in [6.07, 6.45) is 8.92. The van der Waals surface area contributed by atoms with Crippen LogP contribution in [0, 0.1) is 5.92 Å². The minimum Gasteiger partial charge on any atom is -0.343 e. The van der Waals surface area contributed by atoms with Crippen LogP contribution in [-0.4, -0.2) is 48.5 Å². The van der Waals surface area contributed by atoms with Crippen molar-refractivity contribution in [3.8, 4) is 0 Å². The molecule has 2 saturated heterocycles. The summed E-state index contributed by atoms with van der Waals surface area (Å²) in [6.45, 7) is 4.24. The number of piperidine rings is 2. The van der Waals surface area contributed by atoms with Crippen LogP contribution >= 0.6 is 11.8 Å². The second-order valence-corrected chi connectivity index (χ2v) is 6.69. The number of carbonyl (C=O) groups excluding carboxylic acids is 1. The Hall–Kier alpha value is -0.220. The number of nitrogens with one attached hydrogen (secondary N) is 1. The molecule has 0 saturated carbocycles. The summed E-state index contributed by atoms with van der Waals surface area (Å²) in [6, 6.07) is 0. The van der Waals surface area contributed by atoms with Crippen molar-refractivity contribution in [1.29, 1.82) is 0 Å². The molecule has 0 aromatic rings. The number of carbonyl (C=O) groups is 1.